The highest BCUT2D eigenvalue weighted by molar-refractivity contribution is 6.95. The average molecular weight is 769 g/mol. The van der Waals surface area contributed by atoms with Crippen LogP contribution in [0.5, 0.6) is 0 Å². The van der Waals surface area contributed by atoms with Crippen LogP contribution in [0.25, 0.3) is 0 Å². The van der Waals surface area contributed by atoms with E-state index in [-0.39, 0.29) is 6.04 Å². The van der Waals surface area contributed by atoms with Crippen LogP contribution in [0.15, 0.2) is 0 Å². The summed E-state index contributed by atoms with van der Waals surface area (Å²) >= 11 is 0. The molecule has 0 aromatic heterocycles. The fraction of sp³-hybridized carbons (Fsp3) is 0.957. The van der Waals surface area contributed by atoms with E-state index in [9.17, 15) is 0 Å². The van der Waals surface area contributed by atoms with Crippen LogP contribution in [0.4, 0.5) is 0 Å². The van der Waals surface area contributed by atoms with E-state index < -0.39 is 85.1 Å². The maximum absolute atomic E-state index is 7.18. The van der Waals surface area contributed by atoms with Gasteiger partial charge < -0.3 is 37.0 Å². The number of hydrogen-bond acceptors (Lipinski definition) is 9. The van der Waals surface area contributed by atoms with Crippen LogP contribution < -0.4 is 0 Å². The summed E-state index contributed by atoms with van der Waals surface area (Å²) in [5.41, 5.74) is 0. The van der Waals surface area contributed by atoms with Crippen molar-refractivity contribution in [2.45, 2.75) is 144 Å². The van der Waals surface area contributed by atoms with Crippen molar-refractivity contribution in [2.24, 2.45) is 0 Å². The van der Waals surface area contributed by atoms with E-state index in [1.807, 2.05) is 19.6 Å². The molecule has 19 heteroatoms. The Morgan fingerprint density at radius 3 is 0.524 bits per heavy atom. The smallest absolute Gasteiger partial charge is 0.417 e. The highest BCUT2D eigenvalue weighted by Crippen LogP contribution is 2.36. The Morgan fingerprint density at radius 2 is 0.429 bits per heavy atom. The summed E-state index contributed by atoms with van der Waals surface area (Å²) in [5.74, 6) is 0. The second kappa shape index (κ2) is 14.5. The van der Waals surface area contributed by atoms with Gasteiger partial charge in [-0.3, -0.25) is 0 Å². The summed E-state index contributed by atoms with van der Waals surface area (Å²) in [4.78, 5) is 0. The highest BCUT2D eigenvalue weighted by atomic mass is 28.6. The molecule has 9 nitrogen and oxygen atoms in total. The van der Waals surface area contributed by atoms with Crippen LogP contribution in [0.2, 0.25) is 144 Å². The van der Waals surface area contributed by atoms with Crippen LogP contribution in [0.3, 0.4) is 0 Å². The molecule has 0 saturated heterocycles. The first-order chi connectivity index (χ1) is 17.9. The van der Waals surface area contributed by atoms with E-state index in [1.165, 1.54) is 0 Å². The lowest BCUT2D eigenvalue weighted by Crippen LogP contribution is -2.71. The second-order valence-corrected chi connectivity index (χ2v) is 56.9. The Morgan fingerprint density at radius 1 is 0.286 bits per heavy atom. The minimum absolute atomic E-state index is 0.221. The molecule has 0 aromatic rings. The quantitative estimate of drug-likeness (QED) is 0.120. The van der Waals surface area contributed by atoms with E-state index in [0.717, 1.165) is 0 Å². The molecule has 0 aliphatic carbocycles. The van der Waals surface area contributed by atoms with Gasteiger partial charge in [0.05, 0.1) is 0 Å². The molecule has 0 rings (SSSR count). The highest BCUT2D eigenvalue weighted by Gasteiger charge is 2.62. The summed E-state index contributed by atoms with van der Waals surface area (Å²) < 4.78 is 62.4. The summed E-state index contributed by atoms with van der Waals surface area (Å²) in [5, 5.41) is 0. The largest absolute Gasteiger partial charge is 0.478 e. The zero-order valence-electron chi connectivity index (χ0n) is 31.1. The summed E-state index contributed by atoms with van der Waals surface area (Å²) in [6.45, 7) is 48.9. The molecule has 0 atom stereocenters. The Bertz CT molecular complexity index is 698. The van der Waals surface area contributed by atoms with Crippen LogP contribution in [-0.4, -0.2) is 85.1 Å². The van der Waals surface area contributed by atoms with Gasteiger partial charge in [0, 0.05) is 25.7 Å². The average Bonchev–Trinajstić information content (AvgIpc) is 2.48. The van der Waals surface area contributed by atoms with Crippen molar-refractivity contribution in [1.82, 2.24) is 0 Å². The standard InChI is InChI=1S/C23H67O9Si10/c1-23-42(30-39(20,24-33(2,3)4)25-34(5,6)7,31-40(21,26-35(8,9)10)27-36(11,12)13)32-41(22,28-37(14,15)16)29-38(17,18)19/h1,23H2,2-22H3. The molecule has 42 heavy (non-hydrogen) atoms. The lowest BCUT2D eigenvalue weighted by molar-refractivity contribution is 0.122. The molecule has 253 valence electrons. The normalized spacial score (nSPS) is 15.9. The predicted octanol–water partition coefficient (Wildman–Crippen LogP) is 8.62. The van der Waals surface area contributed by atoms with Gasteiger partial charge in [-0.15, -0.1) is 0 Å². The lowest BCUT2D eigenvalue weighted by atomic mass is 11.0. The molecule has 0 unspecified atom stereocenters. The van der Waals surface area contributed by atoms with Gasteiger partial charge in [-0.2, -0.15) is 0 Å². The first kappa shape index (κ1) is 43.8. The van der Waals surface area contributed by atoms with Crippen molar-refractivity contribution in [3.8, 4) is 0 Å². The van der Waals surface area contributed by atoms with Crippen molar-refractivity contribution in [1.29, 1.82) is 0 Å². The maximum atomic E-state index is 7.18. The lowest BCUT2D eigenvalue weighted by Gasteiger charge is -2.48. The van der Waals surface area contributed by atoms with Gasteiger partial charge in [0.2, 0.25) is 0 Å². The molecular weight excluding hydrogens is 701 g/mol. The van der Waals surface area contributed by atoms with E-state index >= 15 is 0 Å². The van der Waals surface area contributed by atoms with Crippen molar-refractivity contribution in [2.75, 3.05) is 0 Å². The van der Waals surface area contributed by atoms with Gasteiger partial charge in [0.15, 0.2) is 49.9 Å². The first-order valence-corrected chi connectivity index (χ1v) is 44.1. The molecule has 0 N–H and O–H groups in total. The molecule has 0 bridgehead atoms. The predicted molar refractivity (Wildman–Crippen MR) is 201 cm³/mol. The summed E-state index contributed by atoms with van der Waals surface area (Å²) in [6, 6.07) is 0.221. The summed E-state index contributed by atoms with van der Waals surface area (Å²) in [6.07, 6.45) is 0. The van der Waals surface area contributed by atoms with E-state index in [4.69, 9.17) is 37.0 Å². The van der Waals surface area contributed by atoms with Gasteiger partial charge in [0.1, 0.15) is 0 Å². The van der Waals surface area contributed by atoms with Crippen molar-refractivity contribution >= 4 is 85.1 Å². The van der Waals surface area contributed by atoms with Crippen LogP contribution in [-0.2, 0) is 37.0 Å². The Kier molecular flexibility index (Phi) is 15.1. The molecule has 0 heterocycles. The van der Waals surface area contributed by atoms with Gasteiger partial charge in [-0.05, 0) is 125 Å². The molecule has 1 radical (unpaired) electrons. The maximum Gasteiger partial charge on any atom is 0.478 e. The zero-order valence-corrected chi connectivity index (χ0v) is 41.1. The van der Waals surface area contributed by atoms with Gasteiger partial charge in [-0.25, -0.2) is 0 Å². The van der Waals surface area contributed by atoms with E-state index in [2.05, 4.69) is 125 Å². The molecule has 0 fully saturated rings. The summed E-state index contributed by atoms with van der Waals surface area (Å²) in [7, 11) is -26.6. The van der Waals surface area contributed by atoms with Crippen LogP contribution in [0, 0.1) is 6.92 Å². The van der Waals surface area contributed by atoms with Crippen molar-refractivity contribution in [3.05, 3.63) is 6.92 Å². The van der Waals surface area contributed by atoms with Gasteiger partial charge >= 0.3 is 35.2 Å². The molecule has 0 aliphatic rings. The monoisotopic (exact) mass is 767 g/mol. The SMILES string of the molecule is [CH2]C[Si](O[Si](C)(O[Si](C)(C)C)O[Si](C)(C)C)(O[Si](C)(O[Si](C)(C)C)O[Si](C)(C)C)O[Si](C)(O[Si](C)(C)C)O[Si](C)(C)C. The molecular formula is C23H67O9Si10. The molecule has 0 amide bonds. The Balaban J connectivity index is 7.46. The fourth-order valence-corrected chi connectivity index (χ4v) is 45.8. The molecule has 0 aliphatic heterocycles. The van der Waals surface area contributed by atoms with Crippen molar-refractivity contribution < 1.29 is 37.0 Å². The number of rotatable bonds is 19. The molecule has 0 spiro atoms. The topological polar surface area (TPSA) is 83.1 Å². The second-order valence-electron chi connectivity index (χ2n) is 17.1. The van der Waals surface area contributed by atoms with Gasteiger partial charge in [0.25, 0.3) is 0 Å². The minimum atomic E-state index is -3.82. The van der Waals surface area contributed by atoms with E-state index in [0.29, 0.717) is 0 Å². The molecule has 0 aromatic carbocycles. The first-order valence-electron chi connectivity index (χ1n) is 15.0. The van der Waals surface area contributed by atoms with Crippen LogP contribution in [0.1, 0.15) is 0 Å². The Hall–Kier alpha value is 1.81. The Labute approximate surface area is 271 Å². The minimum Gasteiger partial charge on any atom is -0.417 e. The van der Waals surface area contributed by atoms with Gasteiger partial charge in [-0.1, -0.05) is 0 Å². The van der Waals surface area contributed by atoms with Crippen molar-refractivity contribution in [3.63, 3.8) is 0 Å². The fourth-order valence-electron chi connectivity index (χ4n) is 4.59. The van der Waals surface area contributed by atoms with Crippen LogP contribution >= 0.6 is 0 Å². The third-order valence-corrected chi connectivity index (χ3v) is 36.7. The molecule has 0 saturated carbocycles. The third-order valence-electron chi connectivity index (χ3n) is 4.28. The number of hydrogen-bond donors (Lipinski definition) is 0. The van der Waals surface area contributed by atoms with E-state index in [1.54, 1.807) is 0 Å². The zero-order chi connectivity index (χ0) is 34.1. The third kappa shape index (κ3) is 20.1.